The lowest BCUT2D eigenvalue weighted by molar-refractivity contribution is 0.0900. The molecule has 3 aromatic rings. The Morgan fingerprint density at radius 2 is 1.92 bits per heavy atom. The smallest absolute Gasteiger partial charge is 0.166 e. The van der Waals surface area contributed by atoms with Gasteiger partial charge in [-0.15, -0.1) is 11.3 Å². The summed E-state index contributed by atoms with van der Waals surface area (Å²) in [6.07, 6.45) is 3.18. The highest BCUT2D eigenvalue weighted by molar-refractivity contribution is 7.18. The van der Waals surface area contributed by atoms with Crippen LogP contribution in [0.2, 0.25) is 0 Å². The van der Waals surface area contributed by atoms with E-state index in [9.17, 15) is 9.18 Å². The van der Waals surface area contributed by atoms with Crippen LogP contribution in [0.3, 0.4) is 0 Å². The molecule has 25 heavy (non-hydrogen) atoms. The van der Waals surface area contributed by atoms with Gasteiger partial charge >= 0.3 is 0 Å². The van der Waals surface area contributed by atoms with E-state index in [1.54, 1.807) is 29.8 Å². The number of rotatable bonds is 3. The summed E-state index contributed by atoms with van der Waals surface area (Å²) in [6.45, 7) is 3.65. The second kappa shape index (κ2) is 6.52. The van der Waals surface area contributed by atoms with Crippen LogP contribution in [0.15, 0.2) is 36.7 Å². The molecule has 6 heteroatoms. The number of fused-ring (bicyclic) bond motifs is 1. The molecule has 1 aliphatic rings. The Labute approximate surface area is 149 Å². The first-order valence-electron chi connectivity index (χ1n) is 8.37. The van der Waals surface area contributed by atoms with E-state index in [0.29, 0.717) is 5.56 Å². The van der Waals surface area contributed by atoms with Crippen molar-refractivity contribution in [2.24, 2.45) is 5.92 Å². The van der Waals surface area contributed by atoms with Crippen molar-refractivity contribution >= 4 is 33.2 Å². The fourth-order valence-electron chi connectivity index (χ4n) is 3.42. The van der Waals surface area contributed by atoms with Gasteiger partial charge in [-0.05, 0) is 50.1 Å². The number of hydrogen-bond acceptors (Lipinski definition) is 5. The SMILES string of the molecule is Cc1cc2c(N3CCC(C(=O)c4ccc(F)cc4)CC3)ncnc2s1. The molecule has 0 N–H and O–H groups in total. The number of piperidine rings is 1. The highest BCUT2D eigenvalue weighted by Gasteiger charge is 2.27. The molecule has 1 fully saturated rings. The van der Waals surface area contributed by atoms with Crippen LogP contribution in [-0.2, 0) is 0 Å². The molecule has 128 valence electrons. The van der Waals surface area contributed by atoms with Crippen molar-refractivity contribution in [1.29, 1.82) is 0 Å². The van der Waals surface area contributed by atoms with Gasteiger partial charge < -0.3 is 4.90 Å². The topological polar surface area (TPSA) is 46.1 Å². The Kier molecular flexibility index (Phi) is 4.21. The molecule has 0 atom stereocenters. The molecule has 4 nitrogen and oxygen atoms in total. The van der Waals surface area contributed by atoms with Crippen LogP contribution in [-0.4, -0.2) is 28.8 Å². The minimum Gasteiger partial charge on any atom is -0.356 e. The Bertz CT molecular complexity index is 914. The summed E-state index contributed by atoms with van der Waals surface area (Å²) >= 11 is 1.67. The second-order valence-corrected chi connectivity index (χ2v) is 7.64. The third-order valence-electron chi connectivity index (χ3n) is 4.73. The molecule has 0 aliphatic carbocycles. The zero-order chi connectivity index (χ0) is 17.4. The average molecular weight is 355 g/mol. The molecule has 1 aromatic carbocycles. The lowest BCUT2D eigenvalue weighted by Crippen LogP contribution is -2.37. The van der Waals surface area contributed by atoms with Crippen LogP contribution in [0.5, 0.6) is 0 Å². The molecule has 0 saturated carbocycles. The number of carbonyl (C=O) groups excluding carboxylic acids is 1. The number of nitrogens with zero attached hydrogens (tertiary/aromatic N) is 3. The van der Waals surface area contributed by atoms with Crippen LogP contribution in [0.4, 0.5) is 10.2 Å². The zero-order valence-electron chi connectivity index (χ0n) is 13.9. The molecule has 4 rings (SSSR count). The normalized spacial score (nSPS) is 15.7. The summed E-state index contributed by atoms with van der Waals surface area (Å²) in [7, 11) is 0. The van der Waals surface area contributed by atoms with Crippen LogP contribution in [0, 0.1) is 18.7 Å². The van der Waals surface area contributed by atoms with Crippen molar-refractivity contribution in [3.8, 4) is 0 Å². The number of hydrogen-bond donors (Lipinski definition) is 0. The highest BCUT2D eigenvalue weighted by atomic mass is 32.1. The largest absolute Gasteiger partial charge is 0.356 e. The van der Waals surface area contributed by atoms with Gasteiger partial charge in [0.05, 0.1) is 5.39 Å². The first kappa shape index (κ1) is 16.1. The maximum absolute atomic E-state index is 13.0. The Morgan fingerprint density at radius 1 is 1.20 bits per heavy atom. The summed E-state index contributed by atoms with van der Waals surface area (Å²) in [5, 5.41) is 1.09. The van der Waals surface area contributed by atoms with E-state index >= 15 is 0 Å². The fraction of sp³-hybridized carbons (Fsp3) is 0.316. The number of anilines is 1. The van der Waals surface area contributed by atoms with E-state index < -0.39 is 0 Å². The van der Waals surface area contributed by atoms with Crippen LogP contribution in [0.1, 0.15) is 28.1 Å². The number of ketones is 1. The molecule has 3 heterocycles. The van der Waals surface area contributed by atoms with Gasteiger partial charge in [-0.3, -0.25) is 4.79 Å². The van der Waals surface area contributed by atoms with Crippen molar-refractivity contribution in [2.75, 3.05) is 18.0 Å². The molecule has 0 spiro atoms. The summed E-state index contributed by atoms with van der Waals surface area (Å²) in [6, 6.07) is 7.97. The predicted molar refractivity (Wildman–Crippen MR) is 97.8 cm³/mol. The van der Waals surface area contributed by atoms with Gasteiger partial charge in [0.15, 0.2) is 5.78 Å². The Balaban J connectivity index is 1.49. The monoisotopic (exact) mass is 355 g/mol. The van der Waals surface area contributed by atoms with Crippen LogP contribution in [0.25, 0.3) is 10.2 Å². The number of aromatic nitrogens is 2. The van der Waals surface area contributed by atoms with E-state index in [1.165, 1.54) is 17.0 Å². The zero-order valence-corrected chi connectivity index (χ0v) is 14.7. The number of aryl methyl sites for hydroxylation is 1. The first-order valence-corrected chi connectivity index (χ1v) is 9.19. The Morgan fingerprint density at radius 3 is 2.64 bits per heavy atom. The van der Waals surface area contributed by atoms with E-state index in [-0.39, 0.29) is 17.5 Å². The highest BCUT2D eigenvalue weighted by Crippen LogP contribution is 2.32. The molecule has 1 saturated heterocycles. The number of carbonyl (C=O) groups is 1. The van der Waals surface area contributed by atoms with Gasteiger partial charge in [0, 0.05) is 29.4 Å². The Hall–Kier alpha value is -2.34. The lowest BCUT2D eigenvalue weighted by Gasteiger charge is -2.32. The first-order chi connectivity index (χ1) is 12.1. The second-order valence-electron chi connectivity index (χ2n) is 6.41. The third kappa shape index (κ3) is 3.14. The molecule has 2 aromatic heterocycles. The van der Waals surface area contributed by atoms with Crippen molar-refractivity contribution in [3.63, 3.8) is 0 Å². The molecule has 0 amide bonds. The maximum Gasteiger partial charge on any atom is 0.166 e. The van der Waals surface area contributed by atoms with E-state index in [0.717, 1.165) is 42.0 Å². The van der Waals surface area contributed by atoms with Crippen molar-refractivity contribution < 1.29 is 9.18 Å². The predicted octanol–water partition coefficient (Wildman–Crippen LogP) is 4.24. The lowest BCUT2D eigenvalue weighted by atomic mass is 9.89. The summed E-state index contributed by atoms with van der Waals surface area (Å²) in [5.41, 5.74) is 0.595. The van der Waals surface area contributed by atoms with Gasteiger partial charge in [0.25, 0.3) is 0 Å². The number of benzene rings is 1. The van der Waals surface area contributed by atoms with Gasteiger partial charge in [-0.2, -0.15) is 0 Å². The van der Waals surface area contributed by atoms with E-state index in [2.05, 4.69) is 27.9 Å². The molecule has 0 unspecified atom stereocenters. The van der Waals surface area contributed by atoms with Gasteiger partial charge in [-0.25, -0.2) is 14.4 Å². The van der Waals surface area contributed by atoms with Crippen molar-refractivity contribution in [1.82, 2.24) is 9.97 Å². The standard InChI is InChI=1S/C19H18FN3OS/c1-12-10-16-18(21-11-22-19(16)25-12)23-8-6-14(7-9-23)17(24)13-2-4-15(20)5-3-13/h2-5,10-11,14H,6-9H2,1H3. The molecular weight excluding hydrogens is 337 g/mol. The average Bonchev–Trinajstić information content (AvgIpc) is 3.02. The van der Waals surface area contributed by atoms with Gasteiger partial charge in [0.1, 0.15) is 22.8 Å². The molecule has 1 aliphatic heterocycles. The quantitative estimate of drug-likeness (QED) is 0.659. The fourth-order valence-corrected chi connectivity index (χ4v) is 4.26. The van der Waals surface area contributed by atoms with Gasteiger partial charge in [0.2, 0.25) is 0 Å². The van der Waals surface area contributed by atoms with E-state index in [1.807, 2.05) is 0 Å². The summed E-state index contributed by atoms with van der Waals surface area (Å²) in [5.74, 6) is 0.745. The van der Waals surface area contributed by atoms with Gasteiger partial charge in [-0.1, -0.05) is 0 Å². The van der Waals surface area contributed by atoms with Crippen LogP contribution < -0.4 is 4.90 Å². The minimum absolute atomic E-state index is 0.0109. The molecule has 0 bridgehead atoms. The molecular formula is C19H18FN3OS. The maximum atomic E-state index is 13.0. The van der Waals surface area contributed by atoms with Crippen molar-refractivity contribution in [3.05, 3.63) is 52.9 Å². The number of Topliss-reactive ketones (excluding diaryl/α,β-unsaturated/α-hetero) is 1. The summed E-state index contributed by atoms with van der Waals surface area (Å²) in [4.78, 5) is 25.9. The number of halogens is 1. The minimum atomic E-state index is -0.315. The van der Waals surface area contributed by atoms with E-state index in [4.69, 9.17) is 0 Å². The van der Waals surface area contributed by atoms with Crippen molar-refractivity contribution in [2.45, 2.75) is 19.8 Å². The number of thiophene rings is 1. The third-order valence-corrected chi connectivity index (χ3v) is 5.68. The van der Waals surface area contributed by atoms with Crippen LogP contribution >= 0.6 is 11.3 Å². The summed E-state index contributed by atoms with van der Waals surface area (Å²) < 4.78 is 13.0. The molecule has 0 radical (unpaired) electrons.